The van der Waals surface area contributed by atoms with Crippen LogP contribution in [0, 0.1) is 0 Å². The van der Waals surface area contributed by atoms with Crippen molar-refractivity contribution in [3.63, 3.8) is 0 Å². The second kappa shape index (κ2) is 8.57. The molecule has 43 heavy (non-hydrogen) atoms. The molecule has 0 unspecified atom stereocenters. The van der Waals surface area contributed by atoms with Gasteiger partial charge in [0, 0.05) is 41.9 Å². The predicted octanol–water partition coefficient (Wildman–Crippen LogP) is 12.3. The van der Waals surface area contributed by atoms with Crippen molar-refractivity contribution in [3.05, 3.63) is 134 Å². The highest BCUT2D eigenvalue weighted by Gasteiger charge is 2.20. The zero-order chi connectivity index (χ0) is 28.1. The number of hydrogen-bond donors (Lipinski definition) is 0. The molecule has 200 valence electrons. The monoisotopic (exact) mass is 566 g/mol. The van der Waals surface area contributed by atoms with Gasteiger partial charge >= 0.3 is 0 Å². The maximum Gasteiger partial charge on any atom is 0.136 e. The molecule has 0 atom stereocenters. The molecule has 0 fully saturated rings. The van der Waals surface area contributed by atoms with Crippen LogP contribution < -0.4 is 0 Å². The fourth-order valence-corrected chi connectivity index (χ4v) is 8.37. The lowest BCUT2D eigenvalue weighted by atomic mass is 9.85. The van der Waals surface area contributed by atoms with Gasteiger partial charge in [0.25, 0.3) is 0 Å². The van der Waals surface area contributed by atoms with E-state index in [0.717, 1.165) is 32.9 Å². The third-order valence-corrected chi connectivity index (χ3v) is 10.2. The Morgan fingerprint density at radius 2 is 1.09 bits per heavy atom. The molecule has 10 aromatic rings. The van der Waals surface area contributed by atoms with Gasteiger partial charge in [0.1, 0.15) is 16.7 Å². The quantitative estimate of drug-likeness (QED) is 0.195. The van der Waals surface area contributed by atoms with Crippen molar-refractivity contribution in [1.82, 2.24) is 0 Å². The minimum atomic E-state index is 0.872. The van der Waals surface area contributed by atoms with Crippen LogP contribution in [0.5, 0.6) is 0 Å². The van der Waals surface area contributed by atoms with Gasteiger partial charge in [0.15, 0.2) is 0 Å². The average molecular weight is 567 g/mol. The number of fused-ring (bicyclic) bond motifs is 10. The number of thiophene rings is 1. The summed E-state index contributed by atoms with van der Waals surface area (Å²) in [5.74, 6) is 0. The van der Waals surface area contributed by atoms with Crippen LogP contribution in [0.25, 0.3) is 96.9 Å². The molecule has 3 aromatic heterocycles. The summed E-state index contributed by atoms with van der Waals surface area (Å²) in [4.78, 5) is 0. The van der Waals surface area contributed by atoms with Gasteiger partial charge in [-0.2, -0.15) is 0 Å². The Kier molecular flexibility index (Phi) is 4.63. The molecule has 7 aromatic carbocycles. The largest absolute Gasteiger partial charge is 0.464 e. The third kappa shape index (κ3) is 3.17. The number of rotatable bonds is 2. The van der Waals surface area contributed by atoms with Crippen molar-refractivity contribution in [2.45, 2.75) is 0 Å². The van der Waals surface area contributed by atoms with E-state index in [1.165, 1.54) is 64.0 Å². The Morgan fingerprint density at radius 3 is 1.88 bits per heavy atom. The molecular formula is C40H22O2S. The zero-order valence-corrected chi connectivity index (χ0v) is 23.7. The first-order valence-corrected chi connectivity index (χ1v) is 15.3. The highest BCUT2D eigenvalue weighted by molar-refractivity contribution is 7.26. The summed E-state index contributed by atoms with van der Waals surface area (Å²) in [6, 6.07) is 45.9. The normalized spacial score (nSPS) is 12.2. The maximum atomic E-state index is 6.30. The smallest absolute Gasteiger partial charge is 0.136 e. The van der Waals surface area contributed by atoms with Crippen LogP contribution in [0.1, 0.15) is 0 Å². The first-order valence-electron chi connectivity index (χ1n) is 14.5. The number of furan rings is 2. The van der Waals surface area contributed by atoms with E-state index in [1.807, 2.05) is 29.5 Å². The minimum Gasteiger partial charge on any atom is -0.464 e. The summed E-state index contributed by atoms with van der Waals surface area (Å²) in [5, 5.41) is 10.9. The van der Waals surface area contributed by atoms with Gasteiger partial charge in [-0.15, -0.1) is 11.3 Å². The van der Waals surface area contributed by atoms with E-state index in [4.69, 9.17) is 8.83 Å². The standard InChI is InChI=1S/C40H22O2S/c1-3-11-27-25(9-1)37(23-16-17-34-32(22-23)39-30-20-21-41-33(30)18-19-35(39)42-34)26-10-2-4-12-28(26)38(27)31-14-7-13-29-24-8-5-6-15-36(24)43-40(29)31/h1-22H. The lowest BCUT2D eigenvalue weighted by Gasteiger charge is -2.18. The minimum absolute atomic E-state index is 0.872. The van der Waals surface area contributed by atoms with Gasteiger partial charge in [-0.1, -0.05) is 91.0 Å². The van der Waals surface area contributed by atoms with E-state index in [0.29, 0.717) is 0 Å². The van der Waals surface area contributed by atoms with Crippen LogP contribution in [0.3, 0.4) is 0 Å². The molecule has 2 nitrogen and oxygen atoms in total. The van der Waals surface area contributed by atoms with Gasteiger partial charge in [-0.25, -0.2) is 0 Å². The van der Waals surface area contributed by atoms with Crippen molar-refractivity contribution in [3.8, 4) is 22.3 Å². The van der Waals surface area contributed by atoms with E-state index in [9.17, 15) is 0 Å². The zero-order valence-electron chi connectivity index (χ0n) is 22.9. The molecule has 0 amide bonds. The molecule has 10 rings (SSSR count). The second-order valence-electron chi connectivity index (χ2n) is 11.2. The summed E-state index contributed by atoms with van der Waals surface area (Å²) in [6.07, 6.45) is 1.75. The van der Waals surface area contributed by atoms with Crippen LogP contribution in [-0.4, -0.2) is 0 Å². The maximum absolute atomic E-state index is 6.30. The summed E-state index contributed by atoms with van der Waals surface area (Å²) in [6.45, 7) is 0. The fourth-order valence-electron chi connectivity index (χ4n) is 7.15. The second-order valence-corrected chi connectivity index (χ2v) is 12.3. The Balaban J connectivity index is 1.33. The molecule has 0 aliphatic rings. The molecular weight excluding hydrogens is 545 g/mol. The highest BCUT2D eigenvalue weighted by Crippen LogP contribution is 2.48. The van der Waals surface area contributed by atoms with E-state index in [1.54, 1.807) is 6.26 Å². The molecule has 0 N–H and O–H groups in total. The van der Waals surface area contributed by atoms with Gasteiger partial charge < -0.3 is 8.83 Å². The van der Waals surface area contributed by atoms with E-state index in [2.05, 4.69) is 109 Å². The molecule has 3 heterocycles. The number of hydrogen-bond acceptors (Lipinski definition) is 3. The van der Waals surface area contributed by atoms with Crippen molar-refractivity contribution in [2.75, 3.05) is 0 Å². The van der Waals surface area contributed by atoms with Crippen LogP contribution in [0.4, 0.5) is 0 Å². The molecule has 3 heteroatoms. The van der Waals surface area contributed by atoms with Crippen LogP contribution in [0.15, 0.2) is 142 Å². The molecule has 0 aliphatic carbocycles. The lowest BCUT2D eigenvalue weighted by molar-refractivity contribution is 0.615. The number of benzene rings is 7. The van der Waals surface area contributed by atoms with Crippen LogP contribution in [0.2, 0.25) is 0 Å². The summed E-state index contributed by atoms with van der Waals surface area (Å²) in [7, 11) is 0. The summed E-state index contributed by atoms with van der Waals surface area (Å²) < 4.78 is 14.7. The molecule has 0 bridgehead atoms. The molecule has 0 spiro atoms. The van der Waals surface area contributed by atoms with E-state index >= 15 is 0 Å². The Labute approximate surface area is 250 Å². The van der Waals surface area contributed by atoms with Gasteiger partial charge in [0.05, 0.1) is 6.26 Å². The topological polar surface area (TPSA) is 26.3 Å². The van der Waals surface area contributed by atoms with Crippen molar-refractivity contribution in [1.29, 1.82) is 0 Å². The predicted molar refractivity (Wildman–Crippen MR) is 182 cm³/mol. The molecule has 0 saturated carbocycles. The fraction of sp³-hybridized carbons (Fsp3) is 0. The first-order chi connectivity index (χ1) is 21.3. The van der Waals surface area contributed by atoms with E-state index < -0.39 is 0 Å². The average Bonchev–Trinajstić information content (AvgIpc) is 3.78. The first kappa shape index (κ1) is 23.2. The summed E-state index contributed by atoms with van der Waals surface area (Å²) >= 11 is 1.89. The Hall–Kier alpha value is -5.38. The Bertz CT molecular complexity index is 2680. The Morgan fingerprint density at radius 1 is 0.442 bits per heavy atom. The van der Waals surface area contributed by atoms with Crippen LogP contribution in [-0.2, 0) is 0 Å². The third-order valence-electron chi connectivity index (χ3n) is 8.96. The lowest BCUT2D eigenvalue weighted by Crippen LogP contribution is -1.91. The molecule has 0 radical (unpaired) electrons. The van der Waals surface area contributed by atoms with Gasteiger partial charge in [0.2, 0.25) is 0 Å². The van der Waals surface area contributed by atoms with Crippen molar-refractivity contribution < 1.29 is 8.83 Å². The van der Waals surface area contributed by atoms with E-state index in [-0.39, 0.29) is 0 Å². The van der Waals surface area contributed by atoms with Crippen LogP contribution >= 0.6 is 11.3 Å². The molecule has 0 saturated heterocycles. The van der Waals surface area contributed by atoms with Gasteiger partial charge in [-0.3, -0.25) is 0 Å². The van der Waals surface area contributed by atoms with Crippen molar-refractivity contribution >= 4 is 86.0 Å². The van der Waals surface area contributed by atoms with Crippen molar-refractivity contribution in [2.24, 2.45) is 0 Å². The SMILES string of the molecule is c1ccc2c(c1)sc1c(-c3c4ccccc4c(-c4ccc5oc6ccc7occc7c6c5c4)c4ccccc34)cccc12. The summed E-state index contributed by atoms with van der Waals surface area (Å²) in [5.41, 5.74) is 7.63. The van der Waals surface area contributed by atoms with Gasteiger partial charge in [-0.05, 0) is 74.6 Å². The molecule has 0 aliphatic heterocycles. The highest BCUT2D eigenvalue weighted by atomic mass is 32.1.